The minimum atomic E-state index is -3.80. The highest BCUT2D eigenvalue weighted by Gasteiger charge is 2.22. The molecule has 32 heavy (non-hydrogen) atoms. The maximum atomic E-state index is 13.0. The molecule has 168 valence electrons. The molecule has 1 aliphatic rings. The van der Waals surface area contributed by atoms with Crippen LogP contribution in [0.1, 0.15) is 28.9 Å². The lowest BCUT2D eigenvalue weighted by molar-refractivity contribution is 0.0857. The molecule has 1 fully saturated rings. The van der Waals surface area contributed by atoms with E-state index in [2.05, 4.69) is 5.32 Å². The molecule has 1 aromatic heterocycles. The molecule has 2 heterocycles. The van der Waals surface area contributed by atoms with Crippen molar-refractivity contribution < 1.29 is 17.9 Å². The number of halogens is 1. The summed E-state index contributed by atoms with van der Waals surface area (Å²) >= 11 is 6.05. The number of benzene rings is 2. The molecule has 4 rings (SSSR count). The highest BCUT2D eigenvalue weighted by molar-refractivity contribution is 7.89. The van der Waals surface area contributed by atoms with Crippen molar-refractivity contribution in [2.24, 2.45) is 5.14 Å². The first-order valence-corrected chi connectivity index (χ1v) is 12.2. The third kappa shape index (κ3) is 4.73. The number of ether oxygens (including phenoxy) is 1. The van der Waals surface area contributed by atoms with E-state index < -0.39 is 10.0 Å². The molecule has 0 aliphatic carbocycles. The fourth-order valence-corrected chi connectivity index (χ4v) is 4.54. The average Bonchev–Trinajstić information content (AvgIpc) is 3.40. The number of carbonyl (C=O) groups excluding carboxylic acids is 1. The Hall–Kier alpha value is -2.65. The van der Waals surface area contributed by atoms with E-state index in [1.54, 1.807) is 24.3 Å². The maximum absolute atomic E-state index is 13.0. The van der Waals surface area contributed by atoms with Crippen molar-refractivity contribution in [2.75, 3.05) is 13.2 Å². The van der Waals surface area contributed by atoms with E-state index in [1.165, 1.54) is 12.1 Å². The molecule has 1 amide bonds. The Bertz CT molecular complexity index is 1230. The molecular formula is C23H24ClN3O4S. The number of rotatable bonds is 6. The molecule has 0 spiro atoms. The second kappa shape index (κ2) is 9.07. The van der Waals surface area contributed by atoms with Crippen molar-refractivity contribution in [1.29, 1.82) is 0 Å². The van der Waals surface area contributed by atoms with Gasteiger partial charge in [0.05, 0.1) is 22.3 Å². The van der Waals surface area contributed by atoms with Crippen LogP contribution in [-0.2, 0) is 14.8 Å². The van der Waals surface area contributed by atoms with Gasteiger partial charge in [0.2, 0.25) is 10.0 Å². The van der Waals surface area contributed by atoms with E-state index in [4.69, 9.17) is 21.5 Å². The van der Waals surface area contributed by atoms with Gasteiger partial charge in [-0.15, -0.1) is 0 Å². The van der Waals surface area contributed by atoms with Gasteiger partial charge in [0, 0.05) is 29.6 Å². The van der Waals surface area contributed by atoms with Crippen LogP contribution in [0.5, 0.6) is 0 Å². The van der Waals surface area contributed by atoms with Gasteiger partial charge in [-0.3, -0.25) is 4.79 Å². The van der Waals surface area contributed by atoms with Gasteiger partial charge in [-0.25, -0.2) is 13.6 Å². The number of nitrogens with two attached hydrogens (primary N) is 1. The number of hydrogen-bond acceptors (Lipinski definition) is 4. The second-order valence-electron chi connectivity index (χ2n) is 7.75. The monoisotopic (exact) mass is 473 g/mol. The van der Waals surface area contributed by atoms with Crippen molar-refractivity contribution in [3.05, 3.63) is 70.9 Å². The fourth-order valence-electron chi connectivity index (χ4n) is 3.89. The first-order chi connectivity index (χ1) is 15.2. The van der Waals surface area contributed by atoms with Gasteiger partial charge in [-0.05, 0) is 67.8 Å². The number of aromatic nitrogens is 1. The SMILES string of the molecule is Cc1c(C(=O)NC[C@H]2CCCO2)cc(-c2ccc(Cl)cc2)n1-c1ccc(S(N)(=O)=O)cc1. The number of hydrogen-bond donors (Lipinski definition) is 2. The third-order valence-corrected chi connectivity index (χ3v) is 6.75. The van der Waals surface area contributed by atoms with Crippen LogP contribution < -0.4 is 10.5 Å². The smallest absolute Gasteiger partial charge is 0.253 e. The van der Waals surface area contributed by atoms with Crippen LogP contribution in [0.2, 0.25) is 5.02 Å². The number of nitrogens with zero attached hydrogens (tertiary/aromatic N) is 1. The van der Waals surface area contributed by atoms with Gasteiger partial charge in [0.25, 0.3) is 5.91 Å². The zero-order valence-corrected chi connectivity index (χ0v) is 19.1. The molecule has 3 aromatic rings. The lowest BCUT2D eigenvalue weighted by Crippen LogP contribution is -2.32. The molecular weight excluding hydrogens is 450 g/mol. The standard InChI is InChI=1S/C23H24ClN3O4S/c1-15-21(23(28)26-14-19-3-2-12-31-19)13-22(16-4-6-17(24)7-5-16)27(15)18-8-10-20(11-9-18)32(25,29)30/h4-11,13,19H,2-3,12,14H2,1H3,(H,26,28)(H2,25,29,30)/t19-/m1/s1. The molecule has 0 bridgehead atoms. The first-order valence-electron chi connectivity index (χ1n) is 10.3. The molecule has 9 heteroatoms. The van der Waals surface area contributed by atoms with E-state index in [-0.39, 0.29) is 16.9 Å². The summed E-state index contributed by atoms with van der Waals surface area (Å²) < 4.78 is 30.8. The Balaban J connectivity index is 1.74. The molecule has 1 atom stereocenters. The molecule has 0 saturated carbocycles. The van der Waals surface area contributed by atoms with Crippen molar-refractivity contribution in [1.82, 2.24) is 9.88 Å². The van der Waals surface area contributed by atoms with Crippen LogP contribution in [0.3, 0.4) is 0 Å². The quantitative estimate of drug-likeness (QED) is 0.570. The third-order valence-electron chi connectivity index (χ3n) is 5.57. The summed E-state index contributed by atoms with van der Waals surface area (Å²) in [6, 6.07) is 15.4. The normalized spacial score (nSPS) is 16.3. The lowest BCUT2D eigenvalue weighted by atomic mass is 10.1. The van der Waals surface area contributed by atoms with Gasteiger partial charge >= 0.3 is 0 Å². The van der Waals surface area contributed by atoms with E-state index in [0.29, 0.717) is 22.8 Å². The summed E-state index contributed by atoms with van der Waals surface area (Å²) in [5, 5.41) is 8.81. The van der Waals surface area contributed by atoms with E-state index in [1.807, 2.05) is 29.7 Å². The number of carbonyl (C=O) groups is 1. The first kappa shape index (κ1) is 22.5. The summed E-state index contributed by atoms with van der Waals surface area (Å²) in [5.74, 6) is -0.187. The van der Waals surface area contributed by atoms with Gasteiger partial charge < -0.3 is 14.6 Å². The summed E-state index contributed by atoms with van der Waals surface area (Å²) in [7, 11) is -3.80. The van der Waals surface area contributed by atoms with E-state index in [9.17, 15) is 13.2 Å². The summed E-state index contributed by atoms with van der Waals surface area (Å²) in [6.45, 7) is 3.04. The highest BCUT2D eigenvalue weighted by atomic mass is 35.5. The molecule has 0 radical (unpaired) electrons. The highest BCUT2D eigenvalue weighted by Crippen LogP contribution is 2.31. The van der Waals surface area contributed by atoms with Crippen LogP contribution in [0.15, 0.2) is 59.5 Å². The number of sulfonamides is 1. The van der Waals surface area contributed by atoms with Crippen molar-refractivity contribution >= 4 is 27.5 Å². The Morgan fingerprint density at radius 1 is 1.19 bits per heavy atom. The van der Waals surface area contributed by atoms with Gasteiger partial charge in [0.1, 0.15) is 0 Å². The van der Waals surface area contributed by atoms with Crippen molar-refractivity contribution in [3.8, 4) is 16.9 Å². The number of amides is 1. The van der Waals surface area contributed by atoms with Gasteiger partial charge in [0.15, 0.2) is 0 Å². The van der Waals surface area contributed by atoms with E-state index in [0.717, 1.165) is 36.4 Å². The minimum Gasteiger partial charge on any atom is -0.376 e. The predicted molar refractivity (Wildman–Crippen MR) is 124 cm³/mol. The minimum absolute atomic E-state index is 0.0219. The average molecular weight is 474 g/mol. The van der Waals surface area contributed by atoms with Crippen LogP contribution >= 0.6 is 11.6 Å². The van der Waals surface area contributed by atoms with Crippen LogP contribution in [0.25, 0.3) is 16.9 Å². The van der Waals surface area contributed by atoms with Crippen LogP contribution in [0, 0.1) is 6.92 Å². The molecule has 1 aliphatic heterocycles. The Morgan fingerprint density at radius 3 is 2.47 bits per heavy atom. The Labute approximate surface area is 192 Å². The number of primary sulfonamides is 1. The van der Waals surface area contributed by atoms with E-state index >= 15 is 0 Å². The molecule has 7 nitrogen and oxygen atoms in total. The molecule has 0 unspecified atom stereocenters. The van der Waals surface area contributed by atoms with Crippen LogP contribution in [-0.4, -0.2) is 38.1 Å². The van der Waals surface area contributed by atoms with Crippen LogP contribution in [0.4, 0.5) is 0 Å². The second-order valence-corrected chi connectivity index (χ2v) is 9.75. The Kier molecular flexibility index (Phi) is 6.39. The zero-order valence-electron chi connectivity index (χ0n) is 17.5. The largest absolute Gasteiger partial charge is 0.376 e. The summed E-state index contributed by atoms with van der Waals surface area (Å²) in [4.78, 5) is 13.0. The molecule has 1 saturated heterocycles. The lowest BCUT2D eigenvalue weighted by Gasteiger charge is -2.13. The van der Waals surface area contributed by atoms with Crippen molar-refractivity contribution in [3.63, 3.8) is 0 Å². The molecule has 2 aromatic carbocycles. The Morgan fingerprint density at radius 2 is 1.88 bits per heavy atom. The zero-order chi connectivity index (χ0) is 22.9. The maximum Gasteiger partial charge on any atom is 0.253 e. The predicted octanol–water partition coefficient (Wildman–Crippen LogP) is 3.66. The summed E-state index contributed by atoms with van der Waals surface area (Å²) in [5.41, 5.74) is 3.61. The number of nitrogens with one attached hydrogen (secondary N) is 1. The van der Waals surface area contributed by atoms with Gasteiger partial charge in [-0.2, -0.15) is 0 Å². The topological polar surface area (TPSA) is 103 Å². The summed E-state index contributed by atoms with van der Waals surface area (Å²) in [6.07, 6.45) is 1.99. The molecule has 3 N–H and O–H groups in total. The van der Waals surface area contributed by atoms with Crippen molar-refractivity contribution in [2.45, 2.75) is 30.8 Å². The van der Waals surface area contributed by atoms with Gasteiger partial charge in [-0.1, -0.05) is 23.7 Å². The fraction of sp³-hybridized carbons (Fsp3) is 0.261.